The molecule has 0 atom stereocenters. The first-order valence-electron chi connectivity index (χ1n) is 9.03. The number of halogens is 1. The molecule has 26 heavy (non-hydrogen) atoms. The third-order valence-corrected chi connectivity index (χ3v) is 4.94. The highest BCUT2D eigenvalue weighted by molar-refractivity contribution is 5.98. The Morgan fingerprint density at radius 2 is 1.85 bits per heavy atom. The van der Waals surface area contributed by atoms with Crippen LogP contribution in [0.25, 0.3) is 10.9 Å². The fourth-order valence-corrected chi connectivity index (χ4v) is 3.56. The predicted molar refractivity (Wildman–Crippen MR) is 100 cm³/mol. The second-order valence-electron chi connectivity index (χ2n) is 6.82. The number of carbonyl (C=O) groups excluding carboxylic acids is 1. The van der Waals surface area contributed by atoms with Gasteiger partial charge in [0.15, 0.2) is 0 Å². The molecule has 1 N–H and O–H groups in total. The molecule has 0 bridgehead atoms. The van der Waals surface area contributed by atoms with Crippen molar-refractivity contribution in [3.63, 3.8) is 0 Å². The van der Waals surface area contributed by atoms with Crippen LogP contribution in [0.3, 0.4) is 0 Å². The number of H-pyrrole nitrogens is 1. The van der Waals surface area contributed by atoms with Gasteiger partial charge in [0, 0.05) is 43.6 Å². The predicted octanol–water partition coefficient (Wildman–Crippen LogP) is 3.66. The molecular weight excluding hydrogens is 329 g/mol. The van der Waals surface area contributed by atoms with Gasteiger partial charge in [0.1, 0.15) is 11.5 Å². The Labute approximate surface area is 152 Å². The molecule has 0 spiro atoms. The van der Waals surface area contributed by atoms with E-state index in [-0.39, 0.29) is 11.7 Å². The van der Waals surface area contributed by atoms with Crippen LogP contribution in [0.15, 0.2) is 54.6 Å². The van der Waals surface area contributed by atoms with E-state index in [0.29, 0.717) is 12.2 Å². The van der Waals surface area contributed by atoms with Gasteiger partial charge in [-0.15, -0.1) is 0 Å². The van der Waals surface area contributed by atoms with Gasteiger partial charge in [0.2, 0.25) is 0 Å². The quantitative estimate of drug-likeness (QED) is 0.782. The Kier molecular flexibility index (Phi) is 4.71. The Morgan fingerprint density at radius 1 is 1.00 bits per heavy atom. The number of amides is 1. The van der Waals surface area contributed by atoms with Crippen molar-refractivity contribution in [2.75, 3.05) is 26.2 Å². The van der Waals surface area contributed by atoms with Gasteiger partial charge in [0.05, 0.1) is 0 Å². The van der Waals surface area contributed by atoms with Crippen LogP contribution in [0.4, 0.5) is 4.39 Å². The molecule has 3 aromatic rings. The highest BCUT2D eigenvalue weighted by atomic mass is 19.1. The molecule has 0 radical (unpaired) electrons. The van der Waals surface area contributed by atoms with Crippen molar-refractivity contribution < 1.29 is 9.18 Å². The minimum Gasteiger partial charge on any atom is -0.351 e. The Hall–Kier alpha value is -2.66. The van der Waals surface area contributed by atoms with Gasteiger partial charge >= 0.3 is 0 Å². The molecule has 1 amide bonds. The van der Waals surface area contributed by atoms with E-state index < -0.39 is 0 Å². The number of benzene rings is 2. The third-order valence-electron chi connectivity index (χ3n) is 4.94. The summed E-state index contributed by atoms with van der Waals surface area (Å²) in [5, 5.41) is 0.730. The lowest BCUT2D eigenvalue weighted by molar-refractivity contribution is 0.0756. The number of hydrogen-bond acceptors (Lipinski definition) is 2. The number of nitrogens with zero attached hydrogens (tertiary/aromatic N) is 2. The van der Waals surface area contributed by atoms with Gasteiger partial charge in [-0.25, -0.2) is 4.39 Å². The van der Waals surface area contributed by atoms with Crippen LogP contribution < -0.4 is 0 Å². The molecule has 1 saturated heterocycles. The van der Waals surface area contributed by atoms with Crippen molar-refractivity contribution in [2.24, 2.45) is 0 Å². The maximum Gasteiger partial charge on any atom is 0.270 e. The summed E-state index contributed by atoms with van der Waals surface area (Å²) in [6.07, 6.45) is 0.952. The number of fused-ring (bicyclic) bond motifs is 1. The van der Waals surface area contributed by atoms with Crippen LogP contribution in [-0.4, -0.2) is 46.9 Å². The molecule has 5 heteroatoms. The van der Waals surface area contributed by atoms with Crippen molar-refractivity contribution in [1.29, 1.82) is 0 Å². The second kappa shape index (κ2) is 7.30. The molecular formula is C21H22FN3O. The standard InChI is InChI=1S/C21H22FN3O/c22-18-7-8-19-17(13-18)14-20(23-19)21(26)25-10-4-9-24(11-12-25)15-16-5-2-1-3-6-16/h1-3,5-8,13-14,23H,4,9-12,15H2. The van der Waals surface area contributed by atoms with Gasteiger partial charge < -0.3 is 9.88 Å². The van der Waals surface area contributed by atoms with E-state index in [9.17, 15) is 9.18 Å². The lowest BCUT2D eigenvalue weighted by Crippen LogP contribution is -2.35. The average Bonchev–Trinajstić information content (AvgIpc) is 2.93. The van der Waals surface area contributed by atoms with Crippen LogP contribution in [0.1, 0.15) is 22.5 Å². The monoisotopic (exact) mass is 351 g/mol. The normalized spacial score (nSPS) is 16.0. The van der Waals surface area contributed by atoms with Crippen molar-refractivity contribution >= 4 is 16.8 Å². The van der Waals surface area contributed by atoms with E-state index >= 15 is 0 Å². The average molecular weight is 351 g/mol. The van der Waals surface area contributed by atoms with Crippen molar-refractivity contribution in [3.8, 4) is 0 Å². The van der Waals surface area contributed by atoms with Crippen molar-refractivity contribution in [1.82, 2.24) is 14.8 Å². The summed E-state index contributed by atoms with van der Waals surface area (Å²) in [5.41, 5.74) is 2.61. The molecule has 4 nitrogen and oxygen atoms in total. The maximum atomic E-state index is 13.4. The number of nitrogens with one attached hydrogen (secondary N) is 1. The van der Waals surface area contributed by atoms with Gasteiger partial charge in [-0.1, -0.05) is 30.3 Å². The molecule has 1 aliphatic rings. The van der Waals surface area contributed by atoms with Crippen LogP contribution in [0.2, 0.25) is 0 Å². The molecule has 134 valence electrons. The maximum absolute atomic E-state index is 13.4. The van der Waals surface area contributed by atoms with Gasteiger partial charge in [-0.05, 0) is 36.2 Å². The largest absolute Gasteiger partial charge is 0.351 e. The Balaban J connectivity index is 1.43. The van der Waals surface area contributed by atoms with Crippen LogP contribution in [0, 0.1) is 5.82 Å². The topological polar surface area (TPSA) is 39.3 Å². The lowest BCUT2D eigenvalue weighted by atomic mass is 10.2. The van der Waals surface area contributed by atoms with Gasteiger partial charge in [-0.3, -0.25) is 9.69 Å². The van der Waals surface area contributed by atoms with E-state index in [1.807, 2.05) is 11.0 Å². The lowest BCUT2D eigenvalue weighted by Gasteiger charge is -2.21. The minimum atomic E-state index is -0.290. The second-order valence-corrected chi connectivity index (χ2v) is 6.82. The third kappa shape index (κ3) is 3.63. The van der Waals surface area contributed by atoms with Crippen LogP contribution in [-0.2, 0) is 6.54 Å². The molecule has 1 fully saturated rings. The Morgan fingerprint density at radius 3 is 2.69 bits per heavy atom. The first-order chi connectivity index (χ1) is 12.7. The van der Waals surface area contributed by atoms with Gasteiger partial charge in [0.25, 0.3) is 5.91 Å². The van der Waals surface area contributed by atoms with E-state index in [4.69, 9.17) is 0 Å². The molecule has 0 aliphatic carbocycles. The number of aromatic amines is 1. The number of carbonyl (C=O) groups is 1. The van der Waals surface area contributed by atoms with Crippen molar-refractivity contribution in [3.05, 3.63) is 71.7 Å². The fraction of sp³-hybridized carbons (Fsp3) is 0.286. The zero-order valence-corrected chi connectivity index (χ0v) is 14.6. The first-order valence-corrected chi connectivity index (χ1v) is 9.03. The summed E-state index contributed by atoms with van der Waals surface area (Å²) >= 11 is 0. The zero-order valence-electron chi connectivity index (χ0n) is 14.6. The summed E-state index contributed by atoms with van der Waals surface area (Å²) in [6, 6.07) is 16.7. The van der Waals surface area contributed by atoms with Crippen LogP contribution >= 0.6 is 0 Å². The number of hydrogen-bond donors (Lipinski definition) is 1. The zero-order chi connectivity index (χ0) is 17.9. The number of aromatic nitrogens is 1. The molecule has 0 saturated carbocycles. The molecule has 2 aromatic carbocycles. The fourth-order valence-electron chi connectivity index (χ4n) is 3.56. The summed E-state index contributed by atoms with van der Waals surface area (Å²) in [4.78, 5) is 20.3. The first kappa shape index (κ1) is 16.8. The van der Waals surface area contributed by atoms with E-state index in [1.54, 1.807) is 12.1 Å². The molecule has 4 rings (SSSR count). The molecule has 1 aromatic heterocycles. The van der Waals surface area contributed by atoms with E-state index in [1.165, 1.54) is 17.7 Å². The SMILES string of the molecule is O=C(c1cc2cc(F)ccc2[nH]1)N1CCCN(Cc2ccccc2)CC1. The smallest absolute Gasteiger partial charge is 0.270 e. The molecule has 1 aliphatic heterocycles. The van der Waals surface area contributed by atoms with Gasteiger partial charge in [-0.2, -0.15) is 0 Å². The van der Waals surface area contributed by atoms with E-state index in [2.05, 4.69) is 34.1 Å². The summed E-state index contributed by atoms with van der Waals surface area (Å²) < 4.78 is 13.4. The summed E-state index contributed by atoms with van der Waals surface area (Å²) in [6.45, 7) is 4.20. The molecule has 2 heterocycles. The molecule has 0 unspecified atom stereocenters. The minimum absolute atomic E-state index is 0.0110. The summed E-state index contributed by atoms with van der Waals surface area (Å²) in [5.74, 6) is -0.301. The summed E-state index contributed by atoms with van der Waals surface area (Å²) in [7, 11) is 0. The highest BCUT2D eigenvalue weighted by Gasteiger charge is 2.21. The van der Waals surface area contributed by atoms with E-state index in [0.717, 1.165) is 43.5 Å². The van der Waals surface area contributed by atoms with Crippen LogP contribution in [0.5, 0.6) is 0 Å². The highest BCUT2D eigenvalue weighted by Crippen LogP contribution is 2.19. The number of rotatable bonds is 3. The Bertz CT molecular complexity index is 906. The van der Waals surface area contributed by atoms with Crippen molar-refractivity contribution in [2.45, 2.75) is 13.0 Å².